The first-order valence-corrected chi connectivity index (χ1v) is 10.7. The van der Waals surface area contributed by atoms with Gasteiger partial charge in [-0.3, -0.25) is 0 Å². The summed E-state index contributed by atoms with van der Waals surface area (Å²) in [5, 5.41) is 27.3. The maximum atomic E-state index is 4.83. The van der Waals surface area contributed by atoms with Gasteiger partial charge in [0.2, 0.25) is 10.3 Å². The molecule has 2 fully saturated rings. The lowest BCUT2D eigenvalue weighted by Gasteiger charge is -2.09. The maximum absolute atomic E-state index is 4.83. The summed E-state index contributed by atoms with van der Waals surface area (Å²) >= 11 is 2.87. The standard InChI is InChI=1S/C16H14N10S2/c1-2-4-12-11(3-1)17-13(27-15-19-21-23-25(15)9-5-6-9)14(18-12)28-16-20-22-24-26(16)10-7-8-10/h1-4,9-10H,5-8H2. The van der Waals surface area contributed by atoms with Gasteiger partial charge in [-0.2, -0.15) is 0 Å². The topological polar surface area (TPSA) is 113 Å². The predicted molar refractivity (Wildman–Crippen MR) is 100.0 cm³/mol. The number of benzene rings is 1. The molecule has 0 unspecified atom stereocenters. The van der Waals surface area contributed by atoms with Gasteiger partial charge in [-0.25, -0.2) is 19.3 Å². The summed E-state index contributed by atoms with van der Waals surface area (Å²) in [5.41, 5.74) is 1.67. The summed E-state index contributed by atoms with van der Waals surface area (Å²) in [4.78, 5) is 9.67. The molecule has 10 nitrogen and oxygen atoms in total. The summed E-state index contributed by atoms with van der Waals surface area (Å²) in [7, 11) is 0. The summed E-state index contributed by atoms with van der Waals surface area (Å²) in [6.45, 7) is 0. The van der Waals surface area contributed by atoms with Gasteiger partial charge in [0.1, 0.15) is 10.1 Å². The van der Waals surface area contributed by atoms with E-state index >= 15 is 0 Å². The van der Waals surface area contributed by atoms with Crippen LogP contribution in [0.1, 0.15) is 37.8 Å². The molecule has 0 spiro atoms. The minimum Gasteiger partial charge on any atom is -0.236 e. The molecule has 0 saturated heterocycles. The van der Waals surface area contributed by atoms with Crippen LogP contribution in [0.3, 0.4) is 0 Å². The number of nitrogens with zero attached hydrogens (tertiary/aromatic N) is 10. The predicted octanol–water partition coefficient (Wildman–Crippen LogP) is 2.58. The maximum Gasteiger partial charge on any atom is 0.215 e. The Bertz CT molecular complexity index is 1070. The van der Waals surface area contributed by atoms with E-state index in [-0.39, 0.29) is 0 Å². The van der Waals surface area contributed by atoms with Crippen LogP contribution in [-0.4, -0.2) is 50.4 Å². The Morgan fingerprint density at radius 1 is 0.714 bits per heavy atom. The van der Waals surface area contributed by atoms with Gasteiger partial charge >= 0.3 is 0 Å². The van der Waals surface area contributed by atoms with Gasteiger partial charge in [0.15, 0.2) is 0 Å². The highest BCUT2D eigenvalue weighted by molar-refractivity contribution is 8.02. The van der Waals surface area contributed by atoms with Gasteiger partial charge in [0.05, 0.1) is 23.1 Å². The lowest BCUT2D eigenvalue weighted by atomic mass is 10.3. The van der Waals surface area contributed by atoms with Crippen molar-refractivity contribution >= 4 is 34.6 Å². The molecule has 0 radical (unpaired) electrons. The molecular weight excluding hydrogens is 396 g/mol. The van der Waals surface area contributed by atoms with Crippen molar-refractivity contribution in [3.63, 3.8) is 0 Å². The number of hydrogen-bond acceptors (Lipinski definition) is 10. The number of aromatic nitrogens is 10. The molecule has 3 heterocycles. The number of rotatable bonds is 6. The normalized spacial score (nSPS) is 16.7. The van der Waals surface area contributed by atoms with Crippen LogP contribution in [0.25, 0.3) is 11.0 Å². The van der Waals surface area contributed by atoms with E-state index in [0.717, 1.165) is 57.1 Å². The van der Waals surface area contributed by atoms with E-state index in [4.69, 9.17) is 9.97 Å². The average molecular weight is 410 g/mol. The van der Waals surface area contributed by atoms with Crippen molar-refractivity contribution in [2.45, 2.75) is 58.1 Å². The second kappa shape index (κ2) is 6.48. The number of para-hydroxylation sites is 2. The van der Waals surface area contributed by atoms with E-state index in [2.05, 4.69) is 31.1 Å². The Morgan fingerprint density at radius 2 is 1.18 bits per heavy atom. The minimum atomic E-state index is 0.393. The first-order valence-electron chi connectivity index (χ1n) is 9.03. The van der Waals surface area contributed by atoms with E-state index in [9.17, 15) is 0 Å². The van der Waals surface area contributed by atoms with Crippen LogP contribution >= 0.6 is 23.5 Å². The lowest BCUT2D eigenvalue weighted by Crippen LogP contribution is -2.01. The first-order chi connectivity index (χ1) is 13.8. The van der Waals surface area contributed by atoms with Crippen molar-refractivity contribution in [3.05, 3.63) is 24.3 Å². The molecule has 4 aromatic rings. The molecule has 0 amide bonds. The van der Waals surface area contributed by atoms with Crippen LogP contribution in [0.4, 0.5) is 0 Å². The smallest absolute Gasteiger partial charge is 0.215 e. The Labute approximate surface area is 167 Å². The van der Waals surface area contributed by atoms with Crippen LogP contribution in [-0.2, 0) is 0 Å². The van der Waals surface area contributed by atoms with Gasteiger partial charge < -0.3 is 0 Å². The molecular formula is C16H14N10S2. The molecule has 2 aliphatic rings. The quantitative estimate of drug-likeness (QED) is 0.470. The van der Waals surface area contributed by atoms with Crippen LogP contribution in [0, 0.1) is 0 Å². The molecule has 0 atom stereocenters. The molecule has 0 bridgehead atoms. The molecule has 3 aromatic heterocycles. The molecule has 2 saturated carbocycles. The molecule has 28 heavy (non-hydrogen) atoms. The largest absolute Gasteiger partial charge is 0.236 e. The second-order valence-electron chi connectivity index (χ2n) is 6.80. The van der Waals surface area contributed by atoms with E-state index in [1.54, 1.807) is 0 Å². The third-order valence-corrected chi connectivity index (χ3v) is 6.58. The molecule has 2 aliphatic carbocycles. The molecule has 0 aliphatic heterocycles. The van der Waals surface area contributed by atoms with Crippen LogP contribution in [0.5, 0.6) is 0 Å². The van der Waals surface area contributed by atoms with Crippen molar-refractivity contribution in [2.75, 3.05) is 0 Å². The molecule has 1 aromatic carbocycles. The van der Waals surface area contributed by atoms with Gasteiger partial charge in [-0.1, -0.05) is 12.1 Å². The number of fused-ring (bicyclic) bond motifs is 1. The molecule has 6 rings (SSSR count). The van der Waals surface area contributed by atoms with Crippen molar-refractivity contribution in [1.29, 1.82) is 0 Å². The highest BCUT2D eigenvalue weighted by Gasteiger charge is 2.30. The van der Waals surface area contributed by atoms with Gasteiger partial charge in [-0.15, -0.1) is 10.2 Å². The summed E-state index contributed by atoms with van der Waals surface area (Å²) in [6, 6.07) is 8.62. The number of tetrazole rings is 2. The fourth-order valence-electron chi connectivity index (χ4n) is 2.88. The van der Waals surface area contributed by atoms with Crippen molar-refractivity contribution in [3.8, 4) is 0 Å². The zero-order chi connectivity index (χ0) is 18.5. The second-order valence-corrected chi connectivity index (χ2v) is 8.71. The minimum absolute atomic E-state index is 0.393. The molecule has 12 heteroatoms. The van der Waals surface area contributed by atoms with E-state index < -0.39 is 0 Å². The highest BCUT2D eigenvalue weighted by Crippen LogP contribution is 2.42. The summed E-state index contributed by atoms with van der Waals surface area (Å²) in [6.07, 6.45) is 4.44. The van der Waals surface area contributed by atoms with Crippen LogP contribution < -0.4 is 0 Å². The number of hydrogen-bond donors (Lipinski definition) is 0. The van der Waals surface area contributed by atoms with Crippen molar-refractivity contribution in [1.82, 2.24) is 50.4 Å². The Kier molecular flexibility index (Phi) is 3.79. The third-order valence-electron chi connectivity index (χ3n) is 4.60. The third kappa shape index (κ3) is 3.02. The van der Waals surface area contributed by atoms with E-state index in [1.807, 2.05) is 33.6 Å². The van der Waals surface area contributed by atoms with Gasteiger partial charge in [0, 0.05) is 0 Å². The van der Waals surface area contributed by atoms with Gasteiger partial charge in [0.25, 0.3) is 0 Å². The average Bonchev–Trinajstić information content (AvgIpc) is 3.65. The summed E-state index contributed by atoms with van der Waals surface area (Å²) in [5.74, 6) is 0. The zero-order valence-corrected chi connectivity index (χ0v) is 16.2. The zero-order valence-electron chi connectivity index (χ0n) is 14.6. The first kappa shape index (κ1) is 16.4. The Balaban J connectivity index is 1.41. The summed E-state index contributed by atoms with van der Waals surface area (Å²) < 4.78 is 3.76. The van der Waals surface area contributed by atoms with E-state index in [0.29, 0.717) is 12.1 Å². The van der Waals surface area contributed by atoms with Crippen molar-refractivity contribution < 1.29 is 0 Å². The Morgan fingerprint density at radius 3 is 1.61 bits per heavy atom. The van der Waals surface area contributed by atoms with E-state index in [1.165, 1.54) is 23.5 Å². The fraction of sp³-hybridized carbons (Fsp3) is 0.375. The molecule has 0 N–H and O–H groups in total. The van der Waals surface area contributed by atoms with Crippen LogP contribution in [0.15, 0.2) is 44.6 Å². The highest BCUT2D eigenvalue weighted by atomic mass is 32.2. The van der Waals surface area contributed by atoms with Crippen LogP contribution in [0.2, 0.25) is 0 Å². The fourth-order valence-corrected chi connectivity index (χ4v) is 4.74. The van der Waals surface area contributed by atoms with Gasteiger partial charge in [-0.05, 0) is 82.2 Å². The Hall–Kier alpha value is -2.60. The monoisotopic (exact) mass is 410 g/mol. The SMILES string of the molecule is c1ccc2nc(Sc3nnnn3C3CC3)c(Sc3nnnn3C3CC3)nc2c1. The van der Waals surface area contributed by atoms with Crippen molar-refractivity contribution in [2.24, 2.45) is 0 Å². The molecule has 140 valence electrons. The lowest BCUT2D eigenvalue weighted by molar-refractivity contribution is 0.564.